The fraction of sp³-hybridized carbons (Fsp3) is 0.519. The lowest BCUT2D eigenvalue weighted by molar-refractivity contribution is -0.200. The van der Waals surface area contributed by atoms with E-state index in [1.807, 2.05) is 0 Å². The van der Waals surface area contributed by atoms with Crippen molar-refractivity contribution in [1.82, 2.24) is 5.32 Å². The first-order chi connectivity index (χ1) is 18.1. The van der Waals surface area contributed by atoms with Crippen LogP contribution in [0.4, 0.5) is 17.6 Å². The molecule has 3 N–H and O–H groups in total. The molecule has 0 aromatic heterocycles. The number of ether oxygens (including phenoxy) is 3. The Morgan fingerprint density at radius 2 is 1.84 bits per heavy atom. The molecule has 0 spiro atoms. The second kappa shape index (κ2) is 12.1. The normalized spacial score (nSPS) is 27.8. The number of halogens is 4. The predicted molar refractivity (Wildman–Crippen MR) is 127 cm³/mol. The molecule has 4 rings (SSSR count). The topological polar surface area (TPSA) is 97.3 Å². The number of amides is 1. The lowest BCUT2D eigenvalue weighted by Gasteiger charge is -2.44. The van der Waals surface area contributed by atoms with Crippen molar-refractivity contribution in [3.05, 3.63) is 71.0 Å². The SMILES string of the molecule is O=C(NCC1CCCO1)[C@@]1(OCc2ccc(F)cc2)CC(OCc2cccc(C(F)(F)F)c2)[C@H](O)[C@H](O)C1. The van der Waals surface area contributed by atoms with Crippen molar-refractivity contribution < 1.29 is 46.8 Å². The maximum absolute atomic E-state index is 13.5. The molecule has 11 heteroatoms. The number of carbonyl (C=O) groups excluding carboxylic acids is 1. The minimum Gasteiger partial charge on any atom is -0.390 e. The minimum atomic E-state index is -4.53. The summed E-state index contributed by atoms with van der Waals surface area (Å²) < 4.78 is 70.0. The molecule has 1 aliphatic carbocycles. The summed E-state index contributed by atoms with van der Waals surface area (Å²) in [6.07, 6.45) is -7.34. The third kappa shape index (κ3) is 7.09. The van der Waals surface area contributed by atoms with Gasteiger partial charge in [-0.2, -0.15) is 13.2 Å². The van der Waals surface area contributed by atoms with Gasteiger partial charge in [-0.1, -0.05) is 24.3 Å². The van der Waals surface area contributed by atoms with Gasteiger partial charge in [-0.3, -0.25) is 4.79 Å². The zero-order chi connectivity index (χ0) is 27.3. The van der Waals surface area contributed by atoms with Gasteiger partial charge in [0.25, 0.3) is 5.91 Å². The number of aliphatic hydroxyl groups excluding tert-OH is 2. The van der Waals surface area contributed by atoms with Crippen LogP contribution in [-0.4, -0.2) is 59.3 Å². The van der Waals surface area contributed by atoms with E-state index >= 15 is 0 Å². The Morgan fingerprint density at radius 3 is 2.53 bits per heavy atom. The number of hydrogen-bond donors (Lipinski definition) is 3. The largest absolute Gasteiger partial charge is 0.416 e. The molecule has 2 unspecified atom stereocenters. The first-order valence-electron chi connectivity index (χ1n) is 12.5. The third-order valence-corrected chi connectivity index (χ3v) is 6.92. The summed E-state index contributed by atoms with van der Waals surface area (Å²) in [6.45, 7) is 0.457. The van der Waals surface area contributed by atoms with E-state index in [2.05, 4.69) is 5.32 Å². The number of alkyl halides is 3. The van der Waals surface area contributed by atoms with Crippen LogP contribution in [0.3, 0.4) is 0 Å². The van der Waals surface area contributed by atoms with Crippen molar-refractivity contribution in [3.63, 3.8) is 0 Å². The monoisotopic (exact) mass is 541 g/mol. The predicted octanol–water partition coefficient (Wildman–Crippen LogP) is 3.50. The van der Waals surface area contributed by atoms with Gasteiger partial charge in [0.15, 0.2) is 5.60 Å². The molecule has 5 atom stereocenters. The second-order valence-corrected chi connectivity index (χ2v) is 9.77. The van der Waals surface area contributed by atoms with E-state index in [1.165, 1.54) is 36.4 Å². The molecule has 1 aliphatic heterocycles. The van der Waals surface area contributed by atoms with Gasteiger partial charge >= 0.3 is 6.18 Å². The van der Waals surface area contributed by atoms with E-state index in [0.29, 0.717) is 12.2 Å². The number of rotatable bonds is 9. The molecular weight excluding hydrogens is 510 g/mol. The molecule has 0 radical (unpaired) electrons. The first-order valence-corrected chi connectivity index (χ1v) is 12.5. The van der Waals surface area contributed by atoms with Gasteiger partial charge in [0.2, 0.25) is 0 Å². The van der Waals surface area contributed by atoms with Crippen LogP contribution in [0.1, 0.15) is 42.4 Å². The van der Waals surface area contributed by atoms with E-state index in [-0.39, 0.29) is 44.3 Å². The summed E-state index contributed by atoms with van der Waals surface area (Å²) in [6, 6.07) is 10.1. The molecule has 2 aromatic rings. The van der Waals surface area contributed by atoms with Crippen molar-refractivity contribution in [1.29, 1.82) is 0 Å². The number of nitrogens with one attached hydrogen (secondary N) is 1. The number of benzene rings is 2. The summed E-state index contributed by atoms with van der Waals surface area (Å²) in [7, 11) is 0. The molecule has 7 nitrogen and oxygen atoms in total. The summed E-state index contributed by atoms with van der Waals surface area (Å²) in [5.74, 6) is -0.967. The molecule has 1 saturated heterocycles. The van der Waals surface area contributed by atoms with E-state index in [1.54, 1.807) is 0 Å². The smallest absolute Gasteiger partial charge is 0.390 e. The highest BCUT2D eigenvalue weighted by molar-refractivity contribution is 5.85. The van der Waals surface area contributed by atoms with E-state index in [4.69, 9.17) is 14.2 Å². The highest BCUT2D eigenvalue weighted by atomic mass is 19.4. The van der Waals surface area contributed by atoms with Crippen LogP contribution in [-0.2, 0) is 38.4 Å². The van der Waals surface area contributed by atoms with Gasteiger partial charge in [-0.15, -0.1) is 0 Å². The summed E-state index contributed by atoms with van der Waals surface area (Å²) in [5, 5.41) is 24.1. The molecule has 0 bridgehead atoms. The average molecular weight is 542 g/mol. The highest BCUT2D eigenvalue weighted by Gasteiger charge is 2.51. The zero-order valence-corrected chi connectivity index (χ0v) is 20.6. The van der Waals surface area contributed by atoms with Crippen LogP contribution < -0.4 is 5.32 Å². The van der Waals surface area contributed by atoms with Crippen molar-refractivity contribution in [2.45, 2.75) is 75.1 Å². The average Bonchev–Trinajstić information content (AvgIpc) is 3.41. The molecule has 2 aromatic carbocycles. The quantitative estimate of drug-likeness (QED) is 0.421. The molecular formula is C27H31F4NO6. The number of aliphatic hydroxyl groups is 2. The molecule has 1 amide bonds. The third-order valence-electron chi connectivity index (χ3n) is 6.92. The standard InChI is InChI=1S/C27H31F4NO6/c28-20-8-6-17(7-9-20)16-38-26(25(35)32-14-21-5-2-10-36-21)12-22(33)24(34)23(13-26)37-15-18-3-1-4-19(11-18)27(29,30)31/h1,3-4,6-9,11,21-24,33-34H,2,5,10,12-16H2,(H,32,35)/t21?,22-,23?,24-,26+/m1/s1. The fourth-order valence-corrected chi connectivity index (χ4v) is 4.78. The lowest BCUT2D eigenvalue weighted by Crippen LogP contribution is -2.61. The number of hydrogen-bond acceptors (Lipinski definition) is 6. The Bertz CT molecular complexity index is 1080. The Kier molecular flexibility index (Phi) is 9.04. The van der Waals surface area contributed by atoms with Gasteiger partial charge < -0.3 is 29.7 Å². The fourth-order valence-electron chi connectivity index (χ4n) is 4.78. The van der Waals surface area contributed by atoms with Gasteiger partial charge in [-0.05, 0) is 48.2 Å². The maximum Gasteiger partial charge on any atom is 0.416 e. The van der Waals surface area contributed by atoms with Crippen molar-refractivity contribution in [3.8, 4) is 0 Å². The van der Waals surface area contributed by atoms with Crippen LogP contribution >= 0.6 is 0 Å². The molecule has 38 heavy (non-hydrogen) atoms. The first kappa shape index (κ1) is 28.4. The van der Waals surface area contributed by atoms with Crippen LogP contribution in [0.5, 0.6) is 0 Å². The van der Waals surface area contributed by atoms with Crippen molar-refractivity contribution >= 4 is 5.91 Å². The lowest BCUT2D eigenvalue weighted by atomic mass is 9.78. The van der Waals surface area contributed by atoms with E-state index in [0.717, 1.165) is 25.0 Å². The van der Waals surface area contributed by atoms with Gasteiger partial charge in [-0.25, -0.2) is 4.39 Å². The Morgan fingerprint density at radius 1 is 1.08 bits per heavy atom. The van der Waals surface area contributed by atoms with Gasteiger partial charge in [0.05, 0.1) is 37.1 Å². The van der Waals surface area contributed by atoms with Crippen molar-refractivity contribution in [2.75, 3.05) is 13.2 Å². The molecule has 2 aliphatic rings. The van der Waals surface area contributed by atoms with E-state index < -0.39 is 47.4 Å². The molecule has 1 saturated carbocycles. The zero-order valence-electron chi connectivity index (χ0n) is 20.6. The molecule has 2 fully saturated rings. The minimum absolute atomic E-state index is 0.0865. The van der Waals surface area contributed by atoms with Crippen LogP contribution in [0.2, 0.25) is 0 Å². The molecule has 208 valence electrons. The maximum atomic E-state index is 13.5. The van der Waals surface area contributed by atoms with Gasteiger partial charge in [0.1, 0.15) is 11.9 Å². The Balaban J connectivity index is 1.51. The second-order valence-electron chi connectivity index (χ2n) is 9.77. The summed E-state index contributed by atoms with van der Waals surface area (Å²) >= 11 is 0. The summed E-state index contributed by atoms with van der Waals surface area (Å²) in [5.41, 5.74) is -1.66. The Labute approximate surface area is 217 Å². The summed E-state index contributed by atoms with van der Waals surface area (Å²) in [4.78, 5) is 13.5. The van der Waals surface area contributed by atoms with E-state index in [9.17, 15) is 32.6 Å². The van der Waals surface area contributed by atoms with Gasteiger partial charge in [0, 0.05) is 26.0 Å². The van der Waals surface area contributed by atoms with Crippen LogP contribution in [0.25, 0.3) is 0 Å². The molecule has 1 heterocycles. The van der Waals surface area contributed by atoms with Crippen molar-refractivity contribution in [2.24, 2.45) is 0 Å². The van der Waals surface area contributed by atoms with Crippen LogP contribution in [0.15, 0.2) is 48.5 Å². The number of carbonyl (C=O) groups is 1. The highest BCUT2D eigenvalue weighted by Crippen LogP contribution is 2.36. The Hall–Kier alpha value is -2.57. The van der Waals surface area contributed by atoms with Crippen LogP contribution in [0, 0.1) is 5.82 Å².